The Balaban J connectivity index is 1.61. The topological polar surface area (TPSA) is 116 Å². The Bertz CT molecular complexity index is 1440. The molecule has 0 saturated carbocycles. The van der Waals surface area contributed by atoms with Crippen LogP contribution in [-0.4, -0.2) is 32.2 Å². The first-order chi connectivity index (χ1) is 17.3. The minimum atomic E-state index is -1.23. The molecule has 0 aliphatic carbocycles. The smallest absolute Gasteiger partial charge is 0.335 e. The lowest BCUT2D eigenvalue weighted by Crippen LogP contribution is -2.29. The molecule has 2 aromatic heterocycles. The molecule has 0 radical (unpaired) electrons. The number of pyridine rings is 1. The standard InChI is InChI=1S/C26H18BrN3O5S/c27-17-4-6-18(7-5-17)30-23(22(29-26(30)36)19-3-1-2-10-28-19)21-9-8-20(35-21)14-11-15(24(31)32)13-16(12-14)25(33)34/h1-13,22-23H,(H,29,36)(H,31,32)(H,33,34)/t22-,23+/m1/s1. The van der Waals surface area contributed by atoms with Crippen molar-refractivity contribution in [1.82, 2.24) is 10.3 Å². The van der Waals surface area contributed by atoms with Gasteiger partial charge in [-0.25, -0.2) is 9.59 Å². The monoisotopic (exact) mass is 563 g/mol. The molecule has 2 atom stereocenters. The first-order valence-electron chi connectivity index (χ1n) is 10.8. The Morgan fingerprint density at radius 1 is 0.972 bits per heavy atom. The second-order valence-electron chi connectivity index (χ2n) is 8.08. The number of aromatic carboxylic acids is 2. The number of carboxylic acids is 2. The van der Waals surface area contributed by atoms with Gasteiger partial charge in [0, 0.05) is 21.9 Å². The fourth-order valence-corrected chi connectivity index (χ4v) is 4.82. The summed E-state index contributed by atoms with van der Waals surface area (Å²) in [6.45, 7) is 0. The zero-order chi connectivity index (χ0) is 25.4. The zero-order valence-corrected chi connectivity index (χ0v) is 20.9. The largest absolute Gasteiger partial charge is 0.478 e. The number of rotatable bonds is 6. The van der Waals surface area contributed by atoms with Gasteiger partial charge in [0.05, 0.1) is 22.9 Å². The van der Waals surface area contributed by atoms with Crippen LogP contribution in [0.3, 0.4) is 0 Å². The van der Waals surface area contributed by atoms with Gasteiger partial charge in [0.1, 0.15) is 17.6 Å². The van der Waals surface area contributed by atoms with Gasteiger partial charge in [-0.1, -0.05) is 22.0 Å². The third-order valence-corrected chi connectivity index (χ3v) is 6.68. The van der Waals surface area contributed by atoms with Crippen molar-refractivity contribution < 1.29 is 24.2 Å². The van der Waals surface area contributed by atoms with E-state index in [1.165, 1.54) is 12.1 Å². The van der Waals surface area contributed by atoms with E-state index in [1.807, 2.05) is 47.4 Å². The van der Waals surface area contributed by atoms with E-state index in [0.29, 0.717) is 22.2 Å². The molecule has 1 aliphatic heterocycles. The minimum Gasteiger partial charge on any atom is -0.478 e. The van der Waals surface area contributed by atoms with E-state index in [2.05, 4.69) is 26.2 Å². The highest BCUT2D eigenvalue weighted by Gasteiger charge is 2.42. The Labute approximate surface area is 219 Å². The Kier molecular flexibility index (Phi) is 6.29. The number of nitrogens with one attached hydrogen (secondary N) is 1. The summed E-state index contributed by atoms with van der Waals surface area (Å²) in [4.78, 5) is 29.6. The van der Waals surface area contributed by atoms with Gasteiger partial charge in [-0.15, -0.1) is 0 Å². The number of carbonyl (C=O) groups is 2. The van der Waals surface area contributed by atoms with Crippen molar-refractivity contribution in [3.63, 3.8) is 0 Å². The van der Waals surface area contributed by atoms with E-state index < -0.39 is 18.0 Å². The lowest BCUT2D eigenvalue weighted by molar-refractivity contribution is 0.0696. The van der Waals surface area contributed by atoms with Gasteiger partial charge in [-0.3, -0.25) is 4.98 Å². The molecule has 36 heavy (non-hydrogen) atoms. The molecular weight excluding hydrogens is 546 g/mol. The van der Waals surface area contributed by atoms with Crippen molar-refractivity contribution >= 4 is 50.9 Å². The maximum atomic E-state index is 11.6. The van der Waals surface area contributed by atoms with Crippen LogP contribution < -0.4 is 10.2 Å². The summed E-state index contributed by atoms with van der Waals surface area (Å²) in [5.74, 6) is -1.57. The molecule has 3 heterocycles. The van der Waals surface area contributed by atoms with Gasteiger partial charge in [0.25, 0.3) is 0 Å². The van der Waals surface area contributed by atoms with Crippen LogP contribution in [0.15, 0.2) is 87.9 Å². The summed E-state index contributed by atoms with van der Waals surface area (Å²) in [6, 6.07) is 20.0. The molecule has 0 bridgehead atoms. The quantitative estimate of drug-likeness (QED) is 0.255. The molecule has 2 aromatic carbocycles. The summed E-state index contributed by atoms with van der Waals surface area (Å²) in [5.41, 5.74) is 1.67. The molecule has 0 amide bonds. The van der Waals surface area contributed by atoms with Crippen LogP contribution >= 0.6 is 28.1 Å². The molecule has 8 nitrogen and oxygen atoms in total. The molecule has 10 heteroatoms. The van der Waals surface area contributed by atoms with Gasteiger partial charge in [0.15, 0.2) is 5.11 Å². The Morgan fingerprint density at radius 3 is 2.28 bits per heavy atom. The molecule has 3 N–H and O–H groups in total. The van der Waals surface area contributed by atoms with Crippen LogP contribution in [0.2, 0.25) is 0 Å². The van der Waals surface area contributed by atoms with Crippen molar-refractivity contribution in [3.8, 4) is 11.3 Å². The number of hydrogen-bond acceptors (Lipinski definition) is 5. The molecule has 1 aliphatic rings. The van der Waals surface area contributed by atoms with E-state index >= 15 is 0 Å². The number of thiocarbonyl (C=S) groups is 1. The first kappa shape index (κ1) is 23.7. The van der Waals surface area contributed by atoms with E-state index in [0.717, 1.165) is 21.9 Å². The number of furan rings is 1. The lowest BCUT2D eigenvalue weighted by atomic mass is 10.0. The normalized spacial score (nSPS) is 17.1. The number of anilines is 1. The van der Waals surface area contributed by atoms with Crippen LogP contribution in [0.1, 0.15) is 44.3 Å². The van der Waals surface area contributed by atoms with Crippen LogP contribution in [0.4, 0.5) is 5.69 Å². The van der Waals surface area contributed by atoms with Gasteiger partial charge >= 0.3 is 11.9 Å². The van der Waals surface area contributed by atoms with Crippen LogP contribution in [-0.2, 0) is 0 Å². The molecule has 0 spiro atoms. The van der Waals surface area contributed by atoms with Crippen molar-refractivity contribution in [2.24, 2.45) is 0 Å². The number of hydrogen-bond donors (Lipinski definition) is 3. The van der Waals surface area contributed by atoms with Crippen LogP contribution in [0, 0.1) is 0 Å². The second kappa shape index (κ2) is 9.56. The Morgan fingerprint density at radius 2 is 1.67 bits per heavy atom. The van der Waals surface area contributed by atoms with E-state index in [-0.39, 0.29) is 17.2 Å². The average molecular weight is 564 g/mol. The van der Waals surface area contributed by atoms with Crippen molar-refractivity contribution in [2.45, 2.75) is 12.1 Å². The number of nitrogens with zero attached hydrogens (tertiary/aromatic N) is 2. The summed E-state index contributed by atoms with van der Waals surface area (Å²) >= 11 is 9.16. The third kappa shape index (κ3) is 4.48. The number of carboxylic acid groups (broad SMARTS) is 2. The average Bonchev–Trinajstić information content (AvgIpc) is 3.49. The lowest BCUT2D eigenvalue weighted by Gasteiger charge is -2.26. The van der Waals surface area contributed by atoms with Crippen LogP contribution in [0.5, 0.6) is 0 Å². The SMILES string of the molecule is O=C(O)c1cc(C(=O)O)cc(-c2ccc([C@H]3[C@@H](c4ccccn4)NC(=S)N3c3ccc(Br)cc3)o2)c1. The van der Waals surface area contributed by atoms with E-state index in [4.69, 9.17) is 16.6 Å². The molecule has 4 aromatic rings. The van der Waals surface area contributed by atoms with Crippen molar-refractivity contribution in [3.05, 3.63) is 106 Å². The predicted molar refractivity (Wildman–Crippen MR) is 140 cm³/mol. The highest BCUT2D eigenvalue weighted by molar-refractivity contribution is 9.10. The van der Waals surface area contributed by atoms with E-state index in [9.17, 15) is 19.8 Å². The van der Waals surface area contributed by atoms with Crippen molar-refractivity contribution in [2.75, 3.05) is 4.90 Å². The summed E-state index contributed by atoms with van der Waals surface area (Å²) < 4.78 is 7.16. The molecular formula is C26H18BrN3O5S. The zero-order valence-electron chi connectivity index (χ0n) is 18.5. The van der Waals surface area contributed by atoms with Gasteiger partial charge in [0.2, 0.25) is 0 Å². The van der Waals surface area contributed by atoms with E-state index in [1.54, 1.807) is 18.3 Å². The number of aromatic nitrogens is 1. The summed E-state index contributed by atoms with van der Waals surface area (Å²) in [7, 11) is 0. The fourth-order valence-electron chi connectivity index (χ4n) is 4.21. The first-order valence-corrected chi connectivity index (χ1v) is 12.0. The molecule has 180 valence electrons. The number of halogens is 1. The van der Waals surface area contributed by atoms with Crippen LogP contribution in [0.25, 0.3) is 11.3 Å². The summed E-state index contributed by atoms with van der Waals surface area (Å²) in [5, 5.41) is 22.7. The highest BCUT2D eigenvalue weighted by Crippen LogP contribution is 2.43. The maximum absolute atomic E-state index is 11.6. The van der Waals surface area contributed by atoms with Gasteiger partial charge in [-0.05, 0) is 78.9 Å². The fraction of sp³-hybridized carbons (Fsp3) is 0.0769. The second-order valence-corrected chi connectivity index (χ2v) is 9.39. The van der Waals surface area contributed by atoms with Crippen molar-refractivity contribution in [1.29, 1.82) is 0 Å². The minimum absolute atomic E-state index is 0.144. The molecule has 5 rings (SSSR count). The highest BCUT2D eigenvalue weighted by atomic mass is 79.9. The third-order valence-electron chi connectivity index (χ3n) is 5.83. The predicted octanol–water partition coefficient (Wildman–Crippen LogP) is 5.68. The number of benzene rings is 2. The van der Waals surface area contributed by atoms with Gasteiger partial charge in [-0.2, -0.15) is 0 Å². The molecule has 1 fully saturated rings. The molecule has 1 saturated heterocycles. The Hall–Kier alpha value is -4.02. The maximum Gasteiger partial charge on any atom is 0.335 e. The van der Waals surface area contributed by atoms with Gasteiger partial charge < -0.3 is 24.8 Å². The summed E-state index contributed by atoms with van der Waals surface area (Å²) in [6.07, 6.45) is 1.71. The molecule has 0 unspecified atom stereocenters.